The number of hydrogen-bond donors (Lipinski definition) is 0. The highest BCUT2D eigenvalue weighted by Gasteiger charge is 2.21. The molecule has 2 heterocycles. The first-order valence-corrected chi connectivity index (χ1v) is 9.59. The van der Waals surface area contributed by atoms with Gasteiger partial charge in [0.25, 0.3) is 0 Å². The van der Waals surface area contributed by atoms with Crippen LogP contribution < -0.4 is 0 Å². The molecule has 0 aliphatic carbocycles. The van der Waals surface area contributed by atoms with Crippen molar-refractivity contribution in [2.75, 3.05) is 26.2 Å². The number of piperazine rings is 1. The van der Waals surface area contributed by atoms with E-state index in [1.807, 2.05) is 11.0 Å². The Morgan fingerprint density at radius 2 is 1.79 bits per heavy atom. The molecule has 1 aliphatic rings. The second-order valence-electron chi connectivity index (χ2n) is 6.35. The van der Waals surface area contributed by atoms with Crippen LogP contribution in [0.15, 0.2) is 36.4 Å². The lowest BCUT2D eigenvalue weighted by Crippen LogP contribution is -2.48. The molecule has 0 spiro atoms. The zero-order chi connectivity index (χ0) is 16.9. The number of carbonyl (C=O) groups excluding carboxylic acids is 1. The number of carbonyl (C=O) groups is 1. The molecule has 1 saturated heterocycles. The molecule has 1 aromatic heterocycles. The normalized spacial score (nSPS) is 15.7. The summed E-state index contributed by atoms with van der Waals surface area (Å²) in [6.07, 6.45) is 1.43. The maximum absolute atomic E-state index is 12.4. The summed E-state index contributed by atoms with van der Waals surface area (Å²) < 4.78 is 0.843. The second-order valence-corrected chi connectivity index (χ2v) is 8.15. The first-order valence-electron chi connectivity index (χ1n) is 8.40. The maximum Gasteiger partial charge on any atom is 0.222 e. The van der Waals surface area contributed by atoms with E-state index < -0.39 is 0 Å². The van der Waals surface area contributed by atoms with Crippen LogP contribution in [0.4, 0.5) is 0 Å². The number of thiophene rings is 1. The van der Waals surface area contributed by atoms with E-state index in [0.717, 1.165) is 43.5 Å². The molecule has 0 atom stereocenters. The number of rotatable bonds is 5. The Morgan fingerprint density at radius 1 is 1.08 bits per heavy atom. The highest BCUT2D eigenvalue weighted by Crippen LogP contribution is 2.23. The Morgan fingerprint density at radius 3 is 2.42 bits per heavy atom. The molecular weight excluding hydrogens is 340 g/mol. The SMILES string of the molecule is Cc1ccc(CCC(=O)N2CCN(Cc3ccc(Cl)s3)CC2)cc1. The van der Waals surface area contributed by atoms with Crippen molar-refractivity contribution in [3.05, 3.63) is 56.7 Å². The zero-order valence-electron chi connectivity index (χ0n) is 14.0. The van der Waals surface area contributed by atoms with Gasteiger partial charge >= 0.3 is 0 Å². The largest absolute Gasteiger partial charge is 0.340 e. The Hall–Kier alpha value is -1.36. The molecule has 0 bridgehead atoms. The van der Waals surface area contributed by atoms with Crippen LogP contribution in [-0.2, 0) is 17.8 Å². The average molecular weight is 363 g/mol. The Kier molecular flexibility index (Phi) is 5.93. The van der Waals surface area contributed by atoms with Gasteiger partial charge in [0.15, 0.2) is 0 Å². The van der Waals surface area contributed by atoms with Crippen molar-refractivity contribution in [2.45, 2.75) is 26.3 Å². The van der Waals surface area contributed by atoms with Gasteiger partial charge in [-0.15, -0.1) is 11.3 Å². The van der Waals surface area contributed by atoms with Gasteiger partial charge in [-0.1, -0.05) is 41.4 Å². The fourth-order valence-electron chi connectivity index (χ4n) is 2.98. The Balaban J connectivity index is 1.42. The minimum absolute atomic E-state index is 0.273. The van der Waals surface area contributed by atoms with E-state index in [0.29, 0.717) is 6.42 Å². The molecule has 0 unspecified atom stereocenters. The van der Waals surface area contributed by atoms with Crippen LogP contribution in [0.25, 0.3) is 0 Å². The lowest BCUT2D eigenvalue weighted by molar-refractivity contribution is -0.132. The molecule has 0 radical (unpaired) electrons. The van der Waals surface area contributed by atoms with Gasteiger partial charge in [0.2, 0.25) is 5.91 Å². The number of amides is 1. The summed E-state index contributed by atoms with van der Waals surface area (Å²) in [6, 6.07) is 12.5. The van der Waals surface area contributed by atoms with E-state index in [-0.39, 0.29) is 5.91 Å². The Bertz CT molecular complexity index is 675. The van der Waals surface area contributed by atoms with E-state index in [1.54, 1.807) is 11.3 Å². The maximum atomic E-state index is 12.4. The van der Waals surface area contributed by atoms with Gasteiger partial charge in [-0.3, -0.25) is 9.69 Å². The number of benzene rings is 1. The molecule has 0 N–H and O–H groups in total. The van der Waals surface area contributed by atoms with Crippen molar-refractivity contribution in [1.29, 1.82) is 0 Å². The minimum Gasteiger partial charge on any atom is -0.340 e. The highest BCUT2D eigenvalue weighted by molar-refractivity contribution is 7.16. The first-order chi connectivity index (χ1) is 11.6. The second kappa shape index (κ2) is 8.15. The van der Waals surface area contributed by atoms with Crippen LogP contribution in [0.5, 0.6) is 0 Å². The summed E-state index contributed by atoms with van der Waals surface area (Å²) in [5.74, 6) is 0.273. The smallest absolute Gasteiger partial charge is 0.222 e. The number of halogens is 1. The quantitative estimate of drug-likeness (QED) is 0.803. The van der Waals surface area contributed by atoms with Gasteiger partial charge < -0.3 is 4.90 Å². The first kappa shape index (κ1) is 17.5. The van der Waals surface area contributed by atoms with E-state index >= 15 is 0 Å². The van der Waals surface area contributed by atoms with Crippen molar-refractivity contribution in [2.24, 2.45) is 0 Å². The van der Waals surface area contributed by atoms with Gasteiger partial charge in [0.1, 0.15) is 0 Å². The van der Waals surface area contributed by atoms with E-state index in [4.69, 9.17) is 11.6 Å². The fourth-order valence-corrected chi connectivity index (χ4v) is 4.11. The monoisotopic (exact) mass is 362 g/mol. The third kappa shape index (κ3) is 4.82. The molecule has 1 aliphatic heterocycles. The van der Waals surface area contributed by atoms with Crippen LogP contribution in [-0.4, -0.2) is 41.9 Å². The topological polar surface area (TPSA) is 23.6 Å². The van der Waals surface area contributed by atoms with Gasteiger partial charge in [0.05, 0.1) is 4.34 Å². The molecule has 5 heteroatoms. The molecule has 3 rings (SSSR count). The zero-order valence-corrected chi connectivity index (χ0v) is 15.6. The lowest BCUT2D eigenvalue weighted by atomic mass is 10.1. The third-order valence-corrected chi connectivity index (χ3v) is 5.70. The average Bonchev–Trinajstić information content (AvgIpc) is 2.99. The van der Waals surface area contributed by atoms with Crippen molar-refractivity contribution in [3.8, 4) is 0 Å². The van der Waals surface area contributed by atoms with Crippen molar-refractivity contribution < 1.29 is 4.79 Å². The third-order valence-electron chi connectivity index (χ3n) is 4.48. The van der Waals surface area contributed by atoms with Gasteiger partial charge in [-0.05, 0) is 31.0 Å². The lowest BCUT2D eigenvalue weighted by Gasteiger charge is -2.34. The van der Waals surface area contributed by atoms with Gasteiger partial charge in [0, 0.05) is 44.0 Å². The van der Waals surface area contributed by atoms with Crippen molar-refractivity contribution >= 4 is 28.8 Å². The van der Waals surface area contributed by atoms with Gasteiger partial charge in [-0.2, -0.15) is 0 Å². The van der Waals surface area contributed by atoms with Crippen molar-refractivity contribution in [3.63, 3.8) is 0 Å². The molecule has 3 nitrogen and oxygen atoms in total. The van der Waals surface area contributed by atoms with Crippen LogP contribution >= 0.6 is 22.9 Å². The number of hydrogen-bond acceptors (Lipinski definition) is 3. The van der Waals surface area contributed by atoms with Crippen LogP contribution in [0.2, 0.25) is 4.34 Å². The molecule has 24 heavy (non-hydrogen) atoms. The molecular formula is C19H23ClN2OS. The highest BCUT2D eigenvalue weighted by atomic mass is 35.5. The molecule has 2 aromatic rings. The Labute approximate surface area is 152 Å². The summed E-state index contributed by atoms with van der Waals surface area (Å²) >= 11 is 7.62. The van der Waals surface area contributed by atoms with E-state index in [9.17, 15) is 4.79 Å². The number of aryl methyl sites for hydroxylation is 2. The summed E-state index contributed by atoms with van der Waals surface area (Å²) in [7, 11) is 0. The predicted molar refractivity (Wildman–Crippen MR) is 101 cm³/mol. The molecule has 1 aromatic carbocycles. The minimum atomic E-state index is 0.273. The molecule has 0 saturated carbocycles. The van der Waals surface area contributed by atoms with Crippen LogP contribution in [0.1, 0.15) is 22.4 Å². The van der Waals surface area contributed by atoms with Crippen molar-refractivity contribution in [1.82, 2.24) is 9.80 Å². The standard InChI is InChI=1S/C19H23ClN2OS/c1-15-2-4-16(5-3-15)6-9-19(23)22-12-10-21(11-13-22)14-17-7-8-18(20)24-17/h2-5,7-8H,6,9-14H2,1H3. The molecule has 128 valence electrons. The fraction of sp³-hybridized carbons (Fsp3) is 0.421. The van der Waals surface area contributed by atoms with Gasteiger partial charge in [-0.25, -0.2) is 0 Å². The summed E-state index contributed by atoms with van der Waals surface area (Å²) in [4.78, 5) is 18.1. The van der Waals surface area contributed by atoms with Crippen LogP contribution in [0, 0.1) is 6.92 Å². The predicted octanol–water partition coefficient (Wildman–Crippen LogP) is 3.99. The summed E-state index contributed by atoms with van der Waals surface area (Å²) in [6.45, 7) is 6.54. The molecule has 1 fully saturated rings. The van der Waals surface area contributed by atoms with E-state index in [1.165, 1.54) is 16.0 Å². The van der Waals surface area contributed by atoms with Crippen LogP contribution in [0.3, 0.4) is 0 Å². The summed E-state index contributed by atoms with van der Waals surface area (Å²) in [5, 5.41) is 0. The number of nitrogens with zero attached hydrogens (tertiary/aromatic N) is 2. The van der Waals surface area contributed by atoms with E-state index in [2.05, 4.69) is 42.2 Å². The molecule has 1 amide bonds. The summed E-state index contributed by atoms with van der Waals surface area (Å²) in [5.41, 5.74) is 2.50.